The van der Waals surface area contributed by atoms with Crippen molar-refractivity contribution in [1.82, 2.24) is 15.0 Å². The van der Waals surface area contributed by atoms with Gasteiger partial charge in [0.25, 0.3) is 0 Å². The second-order valence-electron chi connectivity index (χ2n) is 7.91. The van der Waals surface area contributed by atoms with E-state index >= 15 is 0 Å². The molecule has 0 saturated carbocycles. The van der Waals surface area contributed by atoms with Crippen molar-refractivity contribution in [3.63, 3.8) is 0 Å². The molecule has 1 unspecified atom stereocenters. The van der Waals surface area contributed by atoms with Gasteiger partial charge in [0, 0.05) is 29.4 Å². The van der Waals surface area contributed by atoms with Crippen LogP contribution in [0.2, 0.25) is 0 Å². The van der Waals surface area contributed by atoms with Crippen molar-refractivity contribution in [2.45, 2.75) is 39.7 Å². The van der Waals surface area contributed by atoms with Crippen molar-refractivity contribution in [2.24, 2.45) is 5.41 Å². The molecule has 4 nitrogen and oxygen atoms in total. The first-order valence-electron chi connectivity index (χ1n) is 8.83. The fourth-order valence-electron chi connectivity index (χ4n) is 2.97. The van der Waals surface area contributed by atoms with Crippen molar-refractivity contribution in [3.05, 3.63) is 71.4 Å². The zero-order valence-corrected chi connectivity index (χ0v) is 15.6. The van der Waals surface area contributed by atoms with Crippen molar-refractivity contribution in [1.29, 1.82) is 0 Å². The van der Waals surface area contributed by atoms with Gasteiger partial charge in [-0.25, -0.2) is 13.8 Å². The molecule has 27 heavy (non-hydrogen) atoms. The van der Waals surface area contributed by atoms with Gasteiger partial charge in [-0.1, -0.05) is 32.9 Å². The Morgan fingerprint density at radius 2 is 1.85 bits per heavy atom. The second-order valence-corrected chi connectivity index (χ2v) is 7.91. The Morgan fingerprint density at radius 1 is 1.07 bits per heavy atom. The molecule has 3 aromatic rings. The summed E-state index contributed by atoms with van der Waals surface area (Å²) in [7, 11) is 0. The first-order valence-corrected chi connectivity index (χ1v) is 8.83. The number of nitrogens with zero attached hydrogens (tertiary/aromatic N) is 2. The highest BCUT2D eigenvalue weighted by Gasteiger charge is 2.18. The summed E-state index contributed by atoms with van der Waals surface area (Å²) >= 11 is 0. The Kier molecular flexibility index (Phi) is 5.37. The zero-order valence-electron chi connectivity index (χ0n) is 15.6. The number of aromatic amines is 1. The average molecular weight is 371 g/mol. The minimum absolute atomic E-state index is 0.124. The molecule has 2 heterocycles. The van der Waals surface area contributed by atoms with Gasteiger partial charge in [-0.3, -0.25) is 4.98 Å². The molecule has 0 spiro atoms. The quantitative estimate of drug-likeness (QED) is 0.688. The summed E-state index contributed by atoms with van der Waals surface area (Å²) in [5.74, 6) is -0.367. The lowest BCUT2D eigenvalue weighted by atomic mass is 9.91. The standard InChI is InChI=1S/C21H23F2N3O/c1-21(2,3)10-15-12-25-20(26-15)9-19(27)16-6-4-13(8-17(16)23)18-7-5-14(22)11-24-18/h4-8,11-12,19,27H,9-10H2,1-3H3,(H,25,26). The van der Waals surface area contributed by atoms with E-state index in [9.17, 15) is 13.9 Å². The van der Waals surface area contributed by atoms with Crippen LogP contribution in [-0.2, 0) is 12.8 Å². The van der Waals surface area contributed by atoms with Gasteiger partial charge < -0.3 is 10.1 Å². The maximum Gasteiger partial charge on any atom is 0.141 e. The van der Waals surface area contributed by atoms with Crippen LogP contribution in [0.5, 0.6) is 0 Å². The first kappa shape index (κ1) is 19.2. The lowest BCUT2D eigenvalue weighted by Gasteiger charge is -2.16. The van der Waals surface area contributed by atoms with Gasteiger partial charge in [-0.2, -0.15) is 0 Å². The highest BCUT2D eigenvalue weighted by molar-refractivity contribution is 5.59. The molecule has 142 valence electrons. The second kappa shape index (κ2) is 7.56. The molecule has 0 aliphatic rings. The van der Waals surface area contributed by atoms with Gasteiger partial charge >= 0.3 is 0 Å². The molecule has 1 atom stereocenters. The Bertz CT molecular complexity index is 914. The number of aliphatic hydroxyl groups is 1. The molecule has 0 radical (unpaired) electrons. The van der Waals surface area contributed by atoms with Crippen molar-refractivity contribution in [2.75, 3.05) is 0 Å². The molecule has 0 amide bonds. The van der Waals surface area contributed by atoms with Crippen LogP contribution in [-0.4, -0.2) is 20.1 Å². The van der Waals surface area contributed by atoms with E-state index in [4.69, 9.17) is 0 Å². The smallest absolute Gasteiger partial charge is 0.141 e. The van der Waals surface area contributed by atoms with Crippen LogP contribution in [0.1, 0.15) is 44.0 Å². The third-order valence-corrected chi connectivity index (χ3v) is 4.17. The third kappa shape index (κ3) is 4.98. The average Bonchev–Trinajstić information content (AvgIpc) is 3.00. The molecule has 1 aromatic carbocycles. The van der Waals surface area contributed by atoms with Gasteiger partial charge in [0.15, 0.2) is 0 Å². The molecule has 3 rings (SSSR count). The van der Waals surface area contributed by atoms with Crippen LogP contribution in [0.4, 0.5) is 8.78 Å². The van der Waals surface area contributed by atoms with Crippen LogP contribution in [0.25, 0.3) is 11.3 Å². The van der Waals surface area contributed by atoms with Gasteiger partial charge in [-0.05, 0) is 30.0 Å². The molecule has 6 heteroatoms. The van der Waals surface area contributed by atoms with E-state index in [-0.39, 0.29) is 17.4 Å². The Hall–Kier alpha value is -2.60. The largest absolute Gasteiger partial charge is 0.388 e. The number of hydrogen-bond donors (Lipinski definition) is 2. The molecule has 2 N–H and O–H groups in total. The Morgan fingerprint density at radius 3 is 2.48 bits per heavy atom. The predicted molar refractivity (Wildman–Crippen MR) is 100.0 cm³/mol. The molecule has 0 saturated heterocycles. The molecule has 0 aliphatic carbocycles. The summed E-state index contributed by atoms with van der Waals surface area (Å²) < 4.78 is 27.5. The minimum Gasteiger partial charge on any atom is -0.388 e. The Balaban J connectivity index is 1.73. The number of aliphatic hydroxyl groups excluding tert-OH is 1. The van der Waals surface area contributed by atoms with Crippen LogP contribution < -0.4 is 0 Å². The number of hydrogen-bond acceptors (Lipinski definition) is 3. The fraction of sp³-hybridized carbons (Fsp3) is 0.333. The predicted octanol–water partition coefficient (Wildman–Crippen LogP) is 4.61. The van der Waals surface area contributed by atoms with Gasteiger partial charge in [0.05, 0.1) is 18.0 Å². The van der Waals surface area contributed by atoms with Crippen molar-refractivity contribution in [3.8, 4) is 11.3 Å². The van der Waals surface area contributed by atoms with E-state index in [2.05, 4.69) is 35.7 Å². The van der Waals surface area contributed by atoms with E-state index in [0.717, 1.165) is 18.3 Å². The van der Waals surface area contributed by atoms with E-state index in [1.165, 1.54) is 24.3 Å². The number of pyridine rings is 1. The summed E-state index contributed by atoms with van der Waals surface area (Å²) in [4.78, 5) is 11.4. The molecule has 0 aliphatic heterocycles. The van der Waals surface area contributed by atoms with Gasteiger partial charge in [0.1, 0.15) is 17.5 Å². The Labute approximate surface area is 157 Å². The van der Waals surface area contributed by atoms with Crippen LogP contribution in [0.3, 0.4) is 0 Å². The SMILES string of the molecule is CC(C)(C)Cc1cnc(CC(O)c2ccc(-c3ccc(F)cn3)cc2F)[nH]1. The molecule has 2 aromatic heterocycles. The number of H-pyrrole nitrogens is 1. The van der Waals surface area contributed by atoms with Crippen LogP contribution in [0.15, 0.2) is 42.7 Å². The molecular formula is C21H23F2N3O. The van der Waals surface area contributed by atoms with Gasteiger partial charge in [0.2, 0.25) is 0 Å². The van der Waals surface area contributed by atoms with Crippen molar-refractivity contribution < 1.29 is 13.9 Å². The van der Waals surface area contributed by atoms with E-state index in [1.54, 1.807) is 12.3 Å². The molecule has 0 fully saturated rings. The molecular weight excluding hydrogens is 348 g/mol. The third-order valence-electron chi connectivity index (χ3n) is 4.17. The van der Waals surface area contributed by atoms with Crippen molar-refractivity contribution >= 4 is 0 Å². The summed E-state index contributed by atoms with van der Waals surface area (Å²) in [6.45, 7) is 6.40. The molecule has 0 bridgehead atoms. The summed E-state index contributed by atoms with van der Waals surface area (Å²) in [6.07, 6.45) is 2.85. The topological polar surface area (TPSA) is 61.8 Å². The summed E-state index contributed by atoms with van der Waals surface area (Å²) in [6, 6.07) is 7.25. The highest BCUT2D eigenvalue weighted by atomic mass is 19.1. The minimum atomic E-state index is -1.02. The maximum atomic E-state index is 14.5. The van der Waals surface area contributed by atoms with Gasteiger partial charge in [-0.15, -0.1) is 0 Å². The lowest BCUT2D eigenvalue weighted by Crippen LogP contribution is -2.10. The number of rotatable bonds is 5. The van der Waals surface area contributed by atoms with Crippen LogP contribution in [0, 0.1) is 17.0 Å². The summed E-state index contributed by atoms with van der Waals surface area (Å²) in [5, 5.41) is 10.4. The van der Waals surface area contributed by atoms with E-state index < -0.39 is 17.7 Å². The fourth-order valence-corrected chi connectivity index (χ4v) is 2.97. The zero-order chi connectivity index (χ0) is 19.6. The monoisotopic (exact) mass is 371 g/mol. The first-order chi connectivity index (χ1) is 12.7. The van der Waals surface area contributed by atoms with E-state index in [0.29, 0.717) is 17.1 Å². The number of imidazole rings is 1. The number of benzene rings is 1. The maximum absolute atomic E-state index is 14.5. The summed E-state index contributed by atoms with van der Waals surface area (Å²) in [5.41, 5.74) is 2.29. The number of nitrogens with one attached hydrogen (secondary N) is 1. The lowest BCUT2D eigenvalue weighted by molar-refractivity contribution is 0.171. The van der Waals surface area contributed by atoms with Crippen LogP contribution >= 0.6 is 0 Å². The normalized spacial score (nSPS) is 13.0. The van der Waals surface area contributed by atoms with E-state index in [1.807, 2.05) is 0 Å². The number of aromatic nitrogens is 3. The number of halogens is 2. The highest BCUT2D eigenvalue weighted by Crippen LogP contribution is 2.26.